The zero-order valence-electron chi connectivity index (χ0n) is 48.6. The number of benzene rings is 10. The smallest absolute Gasteiger partial charge is 0.120 e. The van der Waals surface area contributed by atoms with Crippen molar-refractivity contribution in [3.05, 3.63) is 178 Å². The number of quaternary nitrogens is 2. The van der Waals surface area contributed by atoms with Crippen molar-refractivity contribution in [3.63, 3.8) is 0 Å². The van der Waals surface area contributed by atoms with Crippen molar-refractivity contribution >= 4 is 64.6 Å². The molecule has 0 saturated heterocycles. The molecule has 0 aliphatic carbocycles. The van der Waals surface area contributed by atoms with Gasteiger partial charge in [0.15, 0.2) is 0 Å². The molecule has 416 valence electrons. The Morgan fingerprint density at radius 3 is 0.863 bits per heavy atom. The summed E-state index contributed by atoms with van der Waals surface area (Å²) in [6.07, 6.45) is 9.50. The van der Waals surface area contributed by atoms with Crippen LogP contribution in [0.3, 0.4) is 0 Å². The quantitative estimate of drug-likeness (QED) is 0.0773. The predicted octanol–water partition coefficient (Wildman–Crippen LogP) is 15.3. The topological polar surface area (TPSA) is 55.4 Å². The molecule has 16 bridgehead atoms. The number of hydrogen-bond donors (Lipinski definition) is 0. The second kappa shape index (κ2) is 25.2. The van der Waals surface area contributed by atoms with Crippen molar-refractivity contribution in [2.75, 3.05) is 95.0 Å². The van der Waals surface area contributed by atoms with E-state index in [0.29, 0.717) is 66.1 Å². The third kappa shape index (κ3) is 13.7. The summed E-state index contributed by atoms with van der Waals surface area (Å²) in [5.74, 6) is 1.78. The Hall–Kier alpha value is -6.36. The van der Waals surface area contributed by atoms with E-state index in [1.807, 2.05) is 0 Å². The van der Waals surface area contributed by atoms with Gasteiger partial charge in [0.05, 0.1) is 95.0 Å². The average molecular weight is 1070 g/mol. The van der Waals surface area contributed by atoms with Crippen molar-refractivity contribution in [2.24, 2.45) is 0 Å². The van der Waals surface area contributed by atoms with Gasteiger partial charge in [-0.15, -0.1) is 0 Å². The van der Waals surface area contributed by atoms with E-state index in [4.69, 9.17) is 28.4 Å². The van der Waals surface area contributed by atoms with Crippen molar-refractivity contribution in [3.8, 4) is 11.5 Å². The number of rotatable bonds is 10. The molecule has 0 fully saturated rings. The summed E-state index contributed by atoms with van der Waals surface area (Å²) in [5.41, 5.74) is 9.97. The molecule has 11 rings (SSSR count). The maximum absolute atomic E-state index is 6.46. The fraction of sp³-hybridized carbons (Fsp3) is 0.389. The Labute approximate surface area is 474 Å². The van der Waals surface area contributed by atoms with E-state index in [2.05, 4.69) is 176 Å². The fourth-order valence-corrected chi connectivity index (χ4v) is 12.3. The van der Waals surface area contributed by atoms with Crippen molar-refractivity contribution in [2.45, 2.75) is 90.6 Å². The molecular formula is C72H84N2O6+2. The van der Waals surface area contributed by atoms with Gasteiger partial charge in [-0.3, -0.25) is 0 Å². The lowest BCUT2D eigenvalue weighted by atomic mass is 9.88. The van der Waals surface area contributed by atoms with Gasteiger partial charge in [-0.1, -0.05) is 109 Å². The van der Waals surface area contributed by atoms with Crippen LogP contribution in [0.15, 0.2) is 133 Å². The van der Waals surface area contributed by atoms with Crippen molar-refractivity contribution in [1.82, 2.24) is 0 Å². The van der Waals surface area contributed by atoms with Crippen LogP contribution in [0.5, 0.6) is 11.5 Å². The number of ether oxygens (including phenoxy) is 6. The minimum absolute atomic E-state index is 0.528. The second-order valence-corrected chi connectivity index (χ2v) is 24.8. The van der Waals surface area contributed by atoms with Crippen LogP contribution in [0.2, 0.25) is 0 Å². The minimum atomic E-state index is 0.528. The Morgan fingerprint density at radius 2 is 0.600 bits per heavy atom. The molecule has 80 heavy (non-hydrogen) atoms. The molecule has 8 nitrogen and oxygen atoms in total. The molecule has 0 amide bonds. The third-order valence-electron chi connectivity index (χ3n) is 16.2. The summed E-state index contributed by atoms with van der Waals surface area (Å²) < 4.78 is 40.5. The SMILES string of the molecule is C[N+](C)(C)CCCOc1cc2cc(c1)COCCCc1ccc3ccc4c(ccc5ccc1c3c54)CCCOCc1cc(cc(OCCC[N+](C)(C)C)c1)COCCCc1ccc3ccc4c(ccc5ccc1c3c54)CCCOC2. The van der Waals surface area contributed by atoms with Crippen LogP contribution in [0.1, 0.15) is 83.0 Å². The summed E-state index contributed by atoms with van der Waals surface area (Å²) in [4.78, 5) is 0. The van der Waals surface area contributed by atoms with E-state index in [-0.39, 0.29) is 0 Å². The molecule has 1 aliphatic heterocycles. The van der Waals surface area contributed by atoms with Crippen LogP contribution in [-0.4, -0.2) is 104 Å². The number of hydrogen-bond acceptors (Lipinski definition) is 6. The Morgan fingerprint density at radius 1 is 0.338 bits per heavy atom. The first-order valence-corrected chi connectivity index (χ1v) is 29.7. The molecule has 1 aliphatic rings. The molecule has 0 radical (unpaired) electrons. The first kappa shape index (κ1) is 55.5. The van der Waals surface area contributed by atoms with Crippen LogP contribution < -0.4 is 9.47 Å². The molecular weight excluding hydrogens is 989 g/mol. The average Bonchev–Trinajstić information content (AvgIpc) is 3.59. The van der Waals surface area contributed by atoms with Crippen molar-refractivity contribution in [1.29, 1.82) is 0 Å². The Bertz CT molecular complexity index is 3230. The van der Waals surface area contributed by atoms with Gasteiger partial charge in [0.1, 0.15) is 11.5 Å². The van der Waals surface area contributed by atoms with Gasteiger partial charge in [-0.2, -0.15) is 0 Å². The molecule has 0 aromatic heterocycles. The molecule has 10 aromatic carbocycles. The summed E-state index contributed by atoms with van der Waals surface area (Å²) >= 11 is 0. The Balaban J connectivity index is 0.830. The van der Waals surface area contributed by atoms with Gasteiger partial charge in [-0.25, -0.2) is 0 Å². The first-order valence-electron chi connectivity index (χ1n) is 29.7. The highest BCUT2D eigenvalue weighted by Gasteiger charge is 2.17. The molecule has 0 N–H and O–H groups in total. The van der Waals surface area contributed by atoms with Gasteiger partial charge in [0.2, 0.25) is 0 Å². The van der Waals surface area contributed by atoms with Gasteiger partial charge in [0.25, 0.3) is 0 Å². The van der Waals surface area contributed by atoms with E-state index in [0.717, 1.165) is 120 Å². The maximum Gasteiger partial charge on any atom is 0.120 e. The van der Waals surface area contributed by atoms with Crippen LogP contribution >= 0.6 is 0 Å². The zero-order chi connectivity index (χ0) is 55.1. The lowest BCUT2D eigenvalue weighted by Crippen LogP contribution is -2.36. The van der Waals surface area contributed by atoms with Crippen molar-refractivity contribution < 1.29 is 37.4 Å². The largest absolute Gasteiger partial charge is 0.493 e. The molecule has 0 saturated carbocycles. The van der Waals surface area contributed by atoms with Crippen LogP contribution in [0, 0.1) is 0 Å². The third-order valence-corrected chi connectivity index (χ3v) is 16.2. The van der Waals surface area contributed by atoms with Gasteiger partial charge in [0, 0.05) is 39.3 Å². The van der Waals surface area contributed by atoms with Crippen LogP contribution in [0.4, 0.5) is 0 Å². The highest BCUT2D eigenvalue weighted by atomic mass is 16.5. The predicted molar refractivity (Wildman–Crippen MR) is 331 cm³/mol. The molecule has 1 heterocycles. The lowest BCUT2D eigenvalue weighted by Gasteiger charge is -2.23. The van der Waals surface area contributed by atoms with E-state index in [9.17, 15) is 0 Å². The summed E-state index contributed by atoms with van der Waals surface area (Å²) in [6, 6.07) is 50.3. The van der Waals surface area contributed by atoms with E-state index in [1.165, 1.54) is 86.9 Å². The lowest BCUT2D eigenvalue weighted by molar-refractivity contribution is -0.870. The second-order valence-electron chi connectivity index (χ2n) is 24.8. The monoisotopic (exact) mass is 1070 g/mol. The van der Waals surface area contributed by atoms with Crippen LogP contribution in [-0.2, 0) is 71.1 Å². The maximum atomic E-state index is 6.46. The number of fused-ring (bicyclic) bond motifs is 4. The Kier molecular flexibility index (Phi) is 17.5. The normalized spacial score (nSPS) is 15.7. The van der Waals surface area contributed by atoms with Crippen LogP contribution in [0.25, 0.3) is 64.6 Å². The highest BCUT2D eigenvalue weighted by molar-refractivity contribution is 6.25. The highest BCUT2D eigenvalue weighted by Crippen LogP contribution is 2.40. The summed E-state index contributed by atoms with van der Waals surface area (Å²) in [5, 5.41) is 16.0. The van der Waals surface area contributed by atoms with Gasteiger partial charge >= 0.3 is 0 Å². The molecule has 0 spiro atoms. The molecule has 10 aromatic rings. The molecule has 0 atom stereocenters. The van der Waals surface area contributed by atoms with Gasteiger partial charge < -0.3 is 37.4 Å². The fourth-order valence-electron chi connectivity index (χ4n) is 12.3. The van der Waals surface area contributed by atoms with Gasteiger partial charge in [-0.05, 0) is 185 Å². The van der Waals surface area contributed by atoms with E-state index < -0.39 is 0 Å². The minimum Gasteiger partial charge on any atom is -0.493 e. The van der Waals surface area contributed by atoms with E-state index in [1.54, 1.807) is 0 Å². The summed E-state index contributed by atoms with van der Waals surface area (Å²) in [6.45, 7) is 8.26. The standard InChI is InChI=1S/C72H84N2O6/c1-73(2,3)33-11-39-79-63-43-51-41-52(44-63)48-76-36-8-14-56-18-22-60-28-32-68-58(20-24-62-26-30-66(56)70(60)72(62)68)16-10-38-78-50-54-42-53(45-64(46-54)80-40-12-34-74(4,5)6)49-77-37-9-15-57-19-23-61-25-29-65-55(13-7-35-75-47-51)17-21-59-27-31-67(57)71(61)69(59)65/h17-32,41-46H,7-16,33-40,47-50H2,1-6H3/q+2. The summed E-state index contributed by atoms with van der Waals surface area (Å²) in [7, 11) is 13.4. The molecule has 8 heteroatoms. The number of nitrogens with zero attached hydrogens (tertiary/aromatic N) is 2. The number of aryl methyl sites for hydroxylation is 4. The van der Waals surface area contributed by atoms with E-state index >= 15 is 0 Å². The zero-order valence-corrected chi connectivity index (χ0v) is 48.6. The first-order chi connectivity index (χ1) is 38.9. The molecule has 0 unspecified atom stereocenters.